The number of carbonyl (C=O) groups excluding carboxylic acids is 2. The minimum atomic E-state index is -0.426. The van der Waals surface area contributed by atoms with Crippen LogP contribution in [0.15, 0.2) is 75.3 Å². The number of aliphatic imine (C=N–C) groups is 1. The Hall–Kier alpha value is -3.59. The van der Waals surface area contributed by atoms with E-state index < -0.39 is 5.97 Å². The summed E-state index contributed by atoms with van der Waals surface area (Å²) in [4.78, 5) is 33.7. The lowest BCUT2D eigenvalue weighted by molar-refractivity contribution is -0.115. The molecule has 0 spiro atoms. The summed E-state index contributed by atoms with van der Waals surface area (Å²) in [6.07, 6.45) is 3.09. The number of rotatable bonds is 6. The fourth-order valence-corrected chi connectivity index (χ4v) is 3.74. The van der Waals surface area contributed by atoms with Gasteiger partial charge in [-0.25, -0.2) is 14.8 Å². The van der Waals surface area contributed by atoms with Crippen LogP contribution in [0.5, 0.6) is 0 Å². The minimum Gasteiger partial charge on any atom is -0.465 e. The van der Waals surface area contributed by atoms with E-state index in [1.54, 1.807) is 24.4 Å². The summed E-state index contributed by atoms with van der Waals surface area (Å²) in [5.74, 6) is -0.299. The van der Waals surface area contributed by atoms with Gasteiger partial charge in [0.2, 0.25) is 11.7 Å². The summed E-state index contributed by atoms with van der Waals surface area (Å²) >= 11 is 1.22. The van der Waals surface area contributed by atoms with E-state index in [1.807, 2.05) is 30.3 Å². The predicted molar refractivity (Wildman–Crippen MR) is 112 cm³/mol. The lowest BCUT2D eigenvalue weighted by atomic mass is 9.99. The number of aromatic nitrogens is 1. The van der Waals surface area contributed by atoms with Gasteiger partial charge in [-0.05, 0) is 35.7 Å². The molecule has 3 aromatic rings. The fraction of sp³-hybridized carbons (Fsp3) is 0.143. The van der Waals surface area contributed by atoms with E-state index in [2.05, 4.69) is 20.0 Å². The summed E-state index contributed by atoms with van der Waals surface area (Å²) in [5.41, 5.74) is 2.00. The van der Waals surface area contributed by atoms with Gasteiger partial charge >= 0.3 is 5.97 Å². The second-order valence-corrected chi connectivity index (χ2v) is 7.23. The minimum absolute atomic E-state index is 0.178. The van der Waals surface area contributed by atoms with Gasteiger partial charge in [0, 0.05) is 6.54 Å². The molecular formula is C21H18N4O4S. The van der Waals surface area contributed by atoms with Gasteiger partial charge in [-0.2, -0.15) is 0 Å². The molecule has 0 aliphatic carbocycles. The zero-order chi connectivity index (χ0) is 20.9. The van der Waals surface area contributed by atoms with Crippen molar-refractivity contribution in [3.8, 4) is 0 Å². The van der Waals surface area contributed by atoms with Crippen LogP contribution in [0.4, 0.5) is 5.69 Å². The number of nitrogens with zero attached hydrogens (tertiary/aromatic N) is 2. The highest BCUT2D eigenvalue weighted by Gasteiger charge is 2.23. The molecule has 0 saturated carbocycles. The number of fused-ring (bicyclic) bond motifs is 1. The topological polar surface area (TPSA) is 106 Å². The number of esters is 1. The van der Waals surface area contributed by atoms with Crippen LogP contribution in [0.2, 0.25) is 0 Å². The zero-order valence-electron chi connectivity index (χ0n) is 16.0. The third-order valence-electron chi connectivity index (χ3n) is 4.50. The third-order valence-corrected chi connectivity index (χ3v) is 5.35. The van der Waals surface area contributed by atoms with Crippen LogP contribution in [0.1, 0.15) is 27.7 Å². The molecule has 152 valence electrons. The largest absolute Gasteiger partial charge is 0.465 e. The Bertz CT molecular complexity index is 1080. The lowest BCUT2D eigenvalue weighted by Gasteiger charge is -2.18. The van der Waals surface area contributed by atoms with Crippen molar-refractivity contribution in [3.63, 3.8) is 0 Å². The lowest BCUT2D eigenvalue weighted by Crippen LogP contribution is -2.40. The molecule has 9 heteroatoms. The second kappa shape index (κ2) is 8.83. The first kappa shape index (κ1) is 19.7. The molecule has 2 N–H and O–H groups in total. The smallest absolute Gasteiger partial charge is 0.337 e. The van der Waals surface area contributed by atoms with E-state index in [4.69, 9.17) is 9.15 Å². The van der Waals surface area contributed by atoms with Gasteiger partial charge in [0.05, 0.1) is 35.4 Å². The molecule has 1 aliphatic heterocycles. The van der Waals surface area contributed by atoms with E-state index in [0.717, 1.165) is 10.5 Å². The van der Waals surface area contributed by atoms with Crippen molar-refractivity contribution in [2.45, 2.75) is 10.8 Å². The van der Waals surface area contributed by atoms with Crippen LogP contribution < -0.4 is 10.0 Å². The van der Waals surface area contributed by atoms with E-state index in [9.17, 15) is 9.59 Å². The molecule has 2 heterocycles. The second-order valence-electron chi connectivity index (χ2n) is 6.38. The summed E-state index contributed by atoms with van der Waals surface area (Å²) in [5, 5.41) is 2.89. The van der Waals surface area contributed by atoms with Gasteiger partial charge in [-0.3, -0.25) is 4.79 Å². The van der Waals surface area contributed by atoms with Crippen molar-refractivity contribution in [1.82, 2.24) is 15.0 Å². The highest BCUT2D eigenvalue weighted by atomic mass is 32.2. The summed E-state index contributed by atoms with van der Waals surface area (Å²) in [6.45, 7) is 0.295. The zero-order valence-corrected chi connectivity index (χ0v) is 16.8. The highest BCUT2D eigenvalue weighted by Crippen LogP contribution is 2.32. The van der Waals surface area contributed by atoms with Crippen molar-refractivity contribution in [1.29, 1.82) is 0 Å². The van der Waals surface area contributed by atoms with Crippen molar-refractivity contribution >= 4 is 35.3 Å². The normalized spacial score (nSPS) is 13.4. The first-order valence-corrected chi connectivity index (χ1v) is 9.94. The standard InChI is InChI=1S/C21H18N4O4S/c1-28-21(27)14-7-8-16-17(11-14)30-25-18(24-16)19(26)23-12-15(20-22-9-10-29-20)13-5-3-2-4-6-13/h2-11,15H,12H2,1H3,(H,23,26)(H,24,25). The number of nitrogens with one attached hydrogen (secondary N) is 2. The molecule has 1 aromatic heterocycles. The summed E-state index contributed by atoms with van der Waals surface area (Å²) in [6, 6.07) is 14.7. The monoisotopic (exact) mass is 422 g/mol. The van der Waals surface area contributed by atoms with Crippen LogP contribution in [-0.4, -0.2) is 36.4 Å². The average molecular weight is 422 g/mol. The van der Waals surface area contributed by atoms with E-state index >= 15 is 0 Å². The Morgan fingerprint density at radius 2 is 2.07 bits per heavy atom. The summed E-state index contributed by atoms with van der Waals surface area (Å²) < 4.78 is 13.1. The molecule has 1 aliphatic rings. The number of hydrogen-bond donors (Lipinski definition) is 2. The van der Waals surface area contributed by atoms with Gasteiger partial charge in [0.15, 0.2) is 0 Å². The Labute approximate surface area is 176 Å². The van der Waals surface area contributed by atoms with Crippen LogP contribution in [0.25, 0.3) is 0 Å². The Morgan fingerprint density at radius 1 is 1.23 bits per heavy atom. The number of methoxy groups -OCH3 is 1. The Balaban J connectivity index is 1.48. The van der Waals surface area contributed by atoms with Gasteiger partial charge < -0.3 is 19.2 Å². The number of amidine groups is 1. The fourth-order valence-electron chi connectivity index (χ4n) is 2.99. The van der Waals surface area contributed by atoms with Crippen molar-refractivity contribution < 1.29 is 18.7 Å². The average Bonchev–Trinajstić information content (AvgIpc) is 3.33. The quantitative estimate of drug-likeness (QED) is 0.465. The van der Waals surface area contributed by atoms with Crippen molar-refractivity contribution in [2.75, 3.05) is 13.7 Å². The number of amides is 1. The predicted octanol–water partition coefficient (Wildman–Crippen LogP) is 3.05. The number of benzene rings is 2. The molecular weight excluding hydrogens is 404 g/mol. The molecule has 0 bridgehead atoms. The van der Waals surface area contributed by atoms with Gasteiger partial charge in [0.25, 0.3) is 5.91 Å². The van der Waals surface area contributed by atoms with Crippen LogP contribution in [0, 0.1) is 0 Å². The van der Waals surface area contributed by atoms with Crippen LogP contribution >= 0.6 is 11.9 Å². The van der Waals surface area contributed by atoms with Gasteiger partial charge in [0.1, 0.15) is 6.26 Å². The first-order chi connectivity index (χ1) is 14.7. The molecule has 4 rings (SSSR count). The molecule has 30 heavy (non-hydrogen) atoms. The molecule has 0 fully saturated rings. The highest BCUT2D eigenvalue weighted by molar-refractivity contribution is 7.98. The number of ether oxygens (including phenoxy) is 1. The molecule has 1 unspecified atom stereocenters. The van der Waals surface area contributed by atoms with E-state index in [1.165, 1.54) is 25.3 Å². The maximum Gasteiger partial charge on any atom is 0.337 e. The molecule has 1 atom stereocenters. The third kappa shape index (κ3) is 4.20. The molecule has 8 nitrogen and oxygen atoms in total. The molecule has 0 radical (unpaired) electrons. The maximum absolute atomic E-state index is 12.7. The Morgan fingerprint density at radius 3 is 2.80 bits per heavy atom. The van der Waals surface area contributed by atoms with Gasteiger partial charge in [-0.15, -0.1) is 0 Å². The van der Waals surface area contributed by atoms with Crippen LogP contribution in [0.3, 0.4) is 0 Å². The van der Waals surface area contributed by atoms with Crippen molar-refractivity contribution in [2.24, 2.45) is 4.99 Å². The van der Waals surface area contributed by atoms with Gasteiger partial charge in [-0.1, -0.05) is 30.3 Å². The molecule has 0 saturated heterocycles. The summed E-state index contributed by atoms with van der Waals surface area (Å²) in [7, 11) is 1.33. The van der Waals surface area contributed by atoms with Crippen molar-refractivity contribution in [3.05, 3.63) is 78.0 Å². The molecule has 1 amide bonds. The number of oxazole rings is 1. The molecule has 2 aromatic carbocycles. The van der Waals surface area contributed by atoms with E-state index in [-0.39, 0.29) is 17.7 Å². The Kier molecular flexibility index (Phi) is 5.80. The number of carbonyl (C=O) groups is 2. The number of hydrogen-bond acceptors (Lipinski definition) is 8. The SMILES string of the molecule is COC(=O)c1ccc2c(c1)SNC(C(=O)NCC(c1ccccc1)c1ncco1)=N2. The maximum atomic E-state index is 12.7. The van der Waals surface area contributed by atoms with Crippen LogP contribution in [-0.2, 0) is 9.53 Å². The first-order valence-electron chi connectivity index (χ1n) is 9.12. The van der Waals surface area contributed by atoms with E-state index in [0.29, 0.717) is 23.7 Å².